The summed E-state index contributed by atoms with van der Waals surface area (Å²) in [5.41, 5.74) is 0. The van der Waals surface area contributed by atoms with Gasteiger partial charge in [0.05, 0.1) is 19.8 Å². The topological polar surface area (TPSA) is 32.8 Å². The van der Waals surface area contributed by atoms with Crippen molar-refractivity contribution in [1.82, 2.24) is 9.80 Å². The Morgan fingerprint density at radius 2 is 1.74 bits per heavy atom. The molecule has 3 aliphatic rings. The van der Waals surface area contributed by atoms with Crippen LogP contribution in [0.1, 0.15) is 38.5 Å². The summed E-state index contributed by atoms with van der Waals surface area (Å²) in [4.78, 5) is 16.8. The molecule has 4 nitrogen and oxygen atoms in total. The van der Waals surface area contributed by atoms with Crippen LogP contribution < -0.4 is 0 Å². The lowest BCUT2D eigenvalue weighted by molar-refractivity contribution is -0.138. The standard InChI is InChI=1S/C15H26N2O2/c18-15(16-8-10-19-11-9-16)12-17-7-3-5-13-4-1-2-6-14(13)17/h13-14H,1-12H2. The minimum absolute atomic E-state index is 0.314. The van der Waals surface area contributed by atoms with E-state index in [2.05, 4.69) is 4.90 Å². The molecule has 1 aliphatic carbocycles. The molecular weight excluding hydrogens is 240 g/mol. The smallest absolute Gasteiger partial charge is 0.236 e. The molecule has 0 aromatic rings. The summed E-state index contributed by atoms with van der Waals surface area (Å²) in [6.07, 6.45) is 8.09. The number of hydrogen-bond donors (Lipinski definition) is 0. The van der Waals surface area contributed by atoms with E-state index in [9.17, 15) is 4.79 Å². The first-order valence-electron chi connectivity index (χ1n) is 7.94. The van der Waals surface area contributed by atoms with Crippen LogP contribution in [0.4, 0.5) is 0 Å². The van der Waals surface area contributed by atoms with Gasteiger partial charge in [0.15, 0.2) is 0 Å². The third-order valence-corrected chi connectivity index (χ3v) is 5.06. The Morgan fingerprint density at radius 3 is 2.58 bits per heavy atom. The molecule has 1 saturated carbocycles. The lowest BCUT2D eigenvalue weighted by Gasteiger charge is -2.44. The number of amides is 1. The number of carbonyl (C=O) groups is 1. The van der Waals surface area contributed by atoms with Crippen molar-refractivity contribution in [2.75, 3.05) is 39.4 Å². The number of rotatable bonds is 2. The average molecular weight is 266 g/mol. The van der Waals surface area contributed by atoms with Crippen molar-refractivity contribution in [2.45, 2.75) is 44.6 Å². The van der Waals surface area contributed by atoms with E-state index in [0.29, 0.717) is 31.7 Å². The Morgan fingerprint density at radius 1 is 1.00 bits per heavy atom. The van der Waals surface area contributed by atoms with Gasteiger partial charge >= 0.3 is 0 Å². The van der Waals surface area contributed by atoms with Gasteiger partial charge in [0.25, 0.3) is 0 Å². The second-order valence-corrected chi connectivity index (χ2v) is 6.22. The Hall–Kier alpha value is -0.610. The highest BCUT2D eigenvalue weighted by atomic mass is 16.5. The van der Waals surface area contributed by atoms with Crippen molar-refractivity contribution in [2.24, 2.45) is 5.92 Å². The molecule has 3 rings (SSSR count). The fourth-order valence-corrected chi connectivity index (χ4v) is 4.01. The number of fused-ring (bicyclic) bond motifs is 1. The minimum atomic E-state index is 0.314. The maximum atomic E-state index is 12.4. The molecule has 108 valence electrons. The number of piperidine rings is 1. The van der Waals surface area contributed by atoms with Crippen LogP contribution in [-0.2, 0) is 9.53 Å². The van der Waals surface area contributed by atoms with Gasteiger partial charge in [-0.2, -0.15) is 0 Å². The summed E-state index contributed by atoms with van der Waals surface area (Å²) >= 11 is 0. The maximum Gasteiger partial charge on any atom is 0.236 e. The van der Waals surface area contributed by atoms with Gasteiger partial charge in [0.1, 0.15) is 0 Å². The van der Waals surface area contributed by atoms with Gasteiger partial charge in [-0.3, -0.25) is 9.69 Å². The van der Waals surface area contributed by atoms with Crippen molar-refractivity contribution in [3.8, 4) is 0 Å². The lowest BCUT2D eigenvalue weighted by atomic mass is 9.78. The molecule has 2 unspecified atom stereocenters. The molecule has 4 heteroatoms. The quantitative estimate of drug-likeness (QED) is 0.759. The zero-order chi connectivity index (χ0) is 13.1. The zero-order valence-electron chi connectivity index (χ0n) is 11.9. The molecule has 2 aliphatic heterocycles. The van der Waals surface area contributed by atoms with Crippen LogP contribution in [0.25, 0.3) is 0 Å². The Labute approximate surface area is 116 Å². The van der Waals surface area contributed by atoms with Crippen LogP contribution in [-0.4, -0.2) is 61.1 Å². The van der Waals surface area contributed by atoms with E-state index in [1.807, 2.05) is 4.90 Å². The number of carbonyl (C=O) groups excluding carboxylic acids is 1. The Kier molecular flexibility index (Phi) is 4.38. The highest BCUT2D eigenvalue weighted by Gasteiger charge is 2.34. The molecular formula is C15H26N2O2. The third kappa shape index (κ3) is 3.11. The summed E-state index contributed by atoms with van der Waals surface area (Å²) in [5, 5.41) is 0. The molecule has 0 radical (unpaired) electrons. The predicted molar refractivity (Wildman–Crippen MR) is 74.0 cm³/mol. The number of likely N-dealkylation sites (tertiary alicyclic amines) is 1. The average Bonchev–Trinajstić information content (AvgIpc) is 2.48. The normalized spacial score (nSPS) is 32.9. The lowest BCUT2D eigenvalue weighted by Crippen LogP contribution is -2.52. The number of nitrogens with zero attached hydrogens (tertiary/aromatic N) is 2. The molecule has 2 saturated heterocycles. The largest absolute Gasteiger partial charge is 0.378 e. The molecule has 2 atom stereocenters. The minimum Gasteiger partial charge on any atom is -0.378 e. The van der Waals surface area contributed by atoms with Crippen molar-refractivity contribution >= 4 is 5.91 Å². The van der Waals surface area contributed by atoms with Gasteiger partial charge in [-0.1, -0.05) is 12.8 Å². The van der Waals surface area contributed by atoms with Crippen molar-refractivity contribution < 1.29 is 9.53 Å². The second kappa shape index (κ2) is 6.23. The zero-order valence-corrected chi connectivity index (χ0v) is 11.9. The van der Waals surface area contributed by atoms with Crippen molar-refractivity contribution in [3.63, 3.8) is 0 Å². The van der Waals surface area contributed by atoms with Gasteiger partial charge in [0.2, 0.25) is 5.91 Å². The summed E-state index contributed by atoms with van der Waals surface area (Å²) in [5.74, 6) is 1.18. The van der Waals surface area contributed by atoms with Crippen LogP contribution >= 0.6 is 0 Å². The van der Waals surface area contributed by atoms with Gasteiger partial charge in [-0.05, 0) is 38.1 Å². The van der Waals surface area contributed by atoms with E-state index in [4.69, 9.17) is 4.74 Å². The van der Waals surface area contributed by atoms with E-state index in [-0.39, 0.29) is 0 Å². The SMILES string of the molecule is O=C(CN1CCCC2CCCCC21)N1CCOCC1. The maximum absolute atomic E-state index is 12.4. The Balaban J connectivity index is 1.56. The molecule has 2 heterocycles. The number of hydrogen-bond acceptors (Lipinski definition) is 3. The van der Waals surface area contributed by atoms with E-state index in [1.54, 1.807) is 0 Å². The highest BCUT2D eigenvalue weighted by Crippen LogP contribution is 2.35. The van der Waals surface area contributed by atoms with Gasteiger partial charge in [-0.25, -0.2) is 0 Å². The van der Waals surface area contributed by atoms with E-state index in [0.717, 1.165) is 25.6 Å². The molecule has 0 aromatic carbocycles. The fourth-order valence-electron chi connectivity index (χ4n) is 4.01. The summed E-state index contributed by atoms with van der Waals surface area (Å²) in [7, 11) is 0. The van der Waals surface area contributed by atoms with Gasteiger partial charge < -0.3 is 9.64 Å². The molecule has 0 aromatic heterocycles. The van der Waals surface area contributed by atoms with Crippen LogP contribution in [0.15, 0.2) is 0 Å². The second-order valence-electron chi connectivity index (χ2n) is 6.22. The van der Waals surface area contributed by atoms with Crippen LogP contribution in [0, 0.1) is 5.92 Å². The number of ether oxygens (including phenoxy) is 1. The first-order valence-corrected chi connectivity index (χ1v) is 7.94. The highest BCUT2D eigenvalue weighted by molar-refractivity contribution is 5.78. The monoisotopic (exact) mass is 266 g/mol. The molecule has 1 amide bonds. The first-order chi connectivity index (χ1) is 9.34. The van der Waals surface area contributed by atoms with Crippen LogP contribution in [0.2, 0.25) is 0 Å². The van der Waals surface area contributed by atoms with Gasteiger partial charge in [0, 0.05) is 19.1 Å². The summed E-state index contributed by atoms with van der Waals surface area (Å²) < 4.78 is 5.32. The van der Waals surface area contributed by atoms with Crippen LogP contribution in [0.3, 0.4) is 0 Å². The molecule has 0 bridgehead atoms. The Bertz CT molecular complexity index is 313. The molecule has 0 N–H and O–H groups in total. The molecule has 19 heavy (non-hydrogen) atoms. The van der Waals surface area contributed by atoms with E-state index < -0.39 is 0 Å². The molecule has 0 spiro atoms. The predicted octanol–water partition coefficient (Wildman–Crippen LogP) is 1.50. The van der Waals surface area contributed by atoms with Crippen molar-refractivity contribution in [3.05, 3.63) is 0 Å². The summed E-state index contributed by atoms with van der Waals surface area (Å²) in [6, 6.07) is 0.687. The van der Waals surface area contributed by atoms with Gasteiger partial charge in [-0.15, -0.1) is 0 Å². The third-order valence-electron chi connectivity index (χ3n) is 5.06. The fraction of sp³-hybridized carbons (Fsp3) is 0.933. The van der Waals surface area contributed by atoms with Crippen molar-refractivity contribution in [1.29, 1.82) is 0 Å². The van der Waals surface area contributed by atoms with E-state index >= 15 is 0 Å². The first kappa shape index (κ1) is 13.4. The summed E-state index contributed by atoms with van der Waals surface area (Å²) in [6.45, 7) is 4.73. The number of morpholine rings is 1. The van der Waals surface area contributed by atoms with E-state index in [1.165, 1.54) is 38.5 Å². The van der Waals surface area contributed by atoms with Crippen LogP contribution in [0.5, 0.6) is 0 Å². The molecule has 3 fully saturated rings.